The van der Waals surface area contributed by atoms with Crippen LogP contribution in [0.4, 0.5) is 11.4 Å². The molecule has 28 heavy (non-hydrogen) atoms. The molecular formula is C22H20N2O4. The lowest BCUT2D eigenvalue weighted by Crippen LogP contribution is -2.26. The van der Waals surface area contributed by atoms with E-state index >= 15 is 0 Å². The van der Waals surface area contributed by atoms with Crippen molar-refractivity contribution in [2.45, 2.75) is 20.0 Å². The Hall–Kier alpha value is -3.67. The Kier molecular flexibility index (Phi) is 5.69. The van der Waals surface area contributed by atoms with E-state index in [0.717, 1.165) is 16.8 Å². The van der Waals surface area contributed by atoms with Gasteiger partial charge in [-0.3, -0.25) is 14.9 Å². The Balaban J connectivity index is 1.87. The molecule has 0 heterocycles. The number of carbonyl (C=O) groups is 1. The predicted octanol–water partition coefficient (Wildman–Crippen LogP) is 4.97. The number of rotatable bonds is 6. The Bertz CT molecular complexity index is 985. The third-order valence-electron chi connectivity index (χ3n) is 4.29. The zero-order valence-corrected chi connectivity index (χ0v) is 15.6. The van der Waals surface area contributed by atoms with Crippen molar-refractivity contribution in [1.82, 2.24) is 0 Å². The second-order valence-corrected chi connectivity index (χ2v) is 6.47. The molecule has 1 N–H and O–H groups in total. The molecule has 0 spiro atoms. The fraction of sp³-hybridized carbons (Fsp3) is 0.136. The normalized spacial score (nSPS) is 11.5. The van der Waals surface area contributed by atoms with Crippen molar-refractivity contribution in [3.63, 3.8) is 0 Å². The van der Waals surface area contributed by atoms with E-state index in [-0.39, 0.29) is 11.6 Å². The van der Waals surface area contributed by atoms with Gasteiger partial charge in [0.05, 0.1) is 4.92 Å². The molecule has 0 aromatic heterocycles. The Labute approximate surface area is 162 Å². The first-order valence-electron chi connectivity index (χ1n) is 8.78. The fourth-order valence-electron chi connectivity index (χ4n) is 2.75. The van der Waals surface area contributed by atoms with Gasteiger partial charge in [0.2, 0.25) is 6.10 Å². The average Bonchev–Trinajstić information content (AvgIpc) is 2.70. The molecule has 3 aromatic carbocycles. The first-order valence-corrected chi connectivity index (χ1v) is 8.78. The molecule has 0 unspecified atom stereocenters. The monoisotopic (exact) mass is 376 g/mol. The van der Waals surface area contributed by atoms with Gasteiger partial charge >= 0.3 is 0 Å². The number of nitro groups is 1. The van der Waals surface area contributed by atoms with Crippen molar-refractivity contribution in [3.8, 4) is 5.75 Å². The van der Waals surface area contributed by atoms with Crippen LogP contribution < -0.4 is 10.1 Å². The van der Waals surface area contributed by atoms with E-state index in [2.05, 4.69) is 5.32 Å². The molecule has 0 aliphatic carbocycles. The highest BCUT2D eigenvalue weighted by atomic mass is 16.6. The quantitative estimate of drug-likeness (QED) is 0.486. The van der Waals surface area contributed by atoms with E-state index < -0.39 is 11.0 Å². The predicted molar refractivity (Wildman–Crippen MR) is 107 cm³/mol. The van der Waals surface area contributed by atoms with Crippen molar-refractivity contribution >= 4 is 17.3 Å². The van der Waals surface area contributed by atoms with Crippen LogP contribution in [0.1, 0.15) is 22.8 Å². The Morgan fingerprint density at radius 2 is 1.68 bits per heavy atom. The largest absolute Gasteiger partial charge is 0.476 e. The molecule has 0 aliphatic rings. The van der Waals surface area contributed by atoms with Gasteiger partial charge in [-0.1, -0.05) is 42.5 Å². The maximum Gasteiger partial charge on any atom is 0.270 e. The summed E-state index contributed by atoms with van der Waals surface area (Å²) in [6.07, 6.45) is -0.900. The summed E-state index contributed by atoms with van der Waals surface area (Å²) in [5.41, 5.74) is 3.35. The lowest BCUT2D eigenvalue weighted by molar-refractivity contribution is -0.384. The summed E-state index contributed by atoms with van der Waals surface area (Å²) in [6, 6.07) is 20.6. The molecule has 0 aliphatic heterocycles. The first-order chi connectivity index (χ1) is 13.4. The topological polar surface area (TPSA) is 81.5 Å². The summed E-state index contributed by atoms with van der Waals surface area (Å²) in [5, 5.41) is 13.8. The van der Waals surface area contributed by atoms with E-state index in [4.69, 9.17) is 4.74 Å². The van der Waals surface area contributed by atoms with Crippen LogP contribution in [-0.4, -0.2) is 10.8 Å². The molecule has 142 valence electrons. The van der Waals surface area contributed by atoms with E-state index in [1.54, 1.807) is 12.1 Å². The molecule has 6 nitrogen and oxygen atoms in total. The van der Waals surface area contributed by atoms with Gasteiger partial charge in [0, 0.05) is 23.4 Å². The highest BCUT2D eigenvalue weighted by molar-refractivity contribution is 5.95. The van der Waals surface area contributed by atoms with Gasteiger partial charge in [-0.2, -0.15) is 0 Å². The van der Waals surface area contributed by atoms with Crippen molar-refractivity contribution in [2.24, 2.45) is 0 Å². The number of nitrogens with one attached hydrogen (secondary N) is 1. The number of hydrogen-bond acceptors (Lipinski definition) is 4. The fourth-order valence-corrected chi connectivity index (χ4v) is 2.75. The van der Waals surface area contributed by atoms with E-state index in [1.165, 1.54) is 24.3 Å². The first kappa shape index (κ1) is 19.1. The smallest absolute Gasteiger partial charge is 0.270 e. The Morgan fingerprint density at radius 1 is 1.00 bits per heavy atom. The molecule has 1 atom stereocenters. The Morgan fingerprint density at radius 3 is 2.32 bits per heavy atom. The molecule has 1 amide bonds. The van der Waals surface area contributed by atoms with Gasteiger partial charge < -0.3 is 10.1 Å². The summed E-state index contributed by atoms with van der Waals surface area (Å²) in [6.45, 7) is 3.88. The number of carbonyl (C=O) groups excluding carboxylic acids is 1. The molecule has 0 saturated heterocycles. The summed E-state index contributed by atoms with van der Waals surface area (Å²) in [5.74, 6) is 0.0498. The van der Waals surface area contributed by atoms with Gasteiger partial charge in [0.1, 0.15) is 5.75 Å². The number of anilines is 1. The van der Waals surface area contributed by atoms with Gasteiger partial charge in [0.25, 0.3) is 11.6 Å². The maximum atomic E-state index is 13.0. The van der Waals surface area contributed by atoms with Crippen LogP contribution in [0, 0.1) is 24.0 Å². The van der Waals surface area contributed by atoms with E-state index in [0.29, 0.717) is 11.3 Å². The van der Waals surface area contributed by atoms with Gasteiger partial charge in [-0.05, 0) is 43.2 Å². The second kappa shape index (κ2) is 8.35. The number of nitrogens with zero attached hydrogens (tertiary/aromatic N) is 1. The zero-order valence-electron chi connectivity index (χ0n) is 15.6. The number of ether oxygens (including phenoxy) is 1. The lowest BCUT2D eigenvalue weighted by atomic mass is 10.1. The van der Waals surface area contributed by atoms with Crippen LogP contribution in [0.5, 0.6) is 5.75 Å². The van der Waals surface area contributed by atoms with Crippen LogP contribution in [0.2, 0.25) is 0 Å². The minimum absolute atomic E-state index is 0.0385. The van der Waals surface area contributed by atoms with Crippen LogP contribution in [-0.2, 0) is 4.79 Å². The third-order valence-corrected chi connectivity index (χ3v) is 4.29. The molecule has 3 aromatic rings. The maximum absolute atomic E-state index is 13.0. The molecule has 6 heteroatoms. The van der Waals surface area contributed by atoms with Crippen molar-refractivity contribution in [1.29, 1.82) is 0 Å². The summed E-state index contributed by atoms with van der Waals surface area (Å²) >= 11 is 0. The SMILES string of the molecule is Cc1ccc(C)c(NC(=O)[C@@H](Oc2ccc([N+](=O)[O-])cc2)c2ccccc2)c1. The molecule has 0 saturated carbocycles. The van der Waals surface area contributed by atoms with Gasteiger partial charge in [0.15, 0.2) is 0 Å². The standard InChI is InChI=1S/C22H20N2O4/c1-15-8-9-16(2)20(14-15)23-22(25)21(17-6-4-3-5-7-17)28-19-12-10-18(11-13-19)24(26)27/h3-14,21H,1-2H3,(H,23,25)/t21-/m0/s1. The molecular weight excluding hydrogens is 356 g/mol. The number of aryl methyl sites for hydroxylation is 2. The minimum Gasteiger partial charge on any atom is -0.476 e. The van der Waals surface area contributed by atoms with Crippen LogP contribution in [0.15, 0.2) is 72.8 Å². The summed E-state index contributed by atoms with van der Waals surface area (Å²) in [4.78, 5) is 23.4. The van der Waals surface area contributed by atoms with Crippen LogP contribution in [0.3, 0.4) is 0 Å². The van der Waals surface area contributed by atoms with E-state index in [9.17, 15) is 14.9 Å². The molecule has 0 fully saturated rings. The summed E-state index contributed by atoms with van der Waals surface area (Å²) in [7, 11) is 0. The molecule has 3 rings (SSSR count). The number of benzene rings is 3. The zero-order chi connectivity index (χ0) is 20.1. The molecule has 0 bridgehead atoms. The average molecular weight is 376 g/mol. The number of non-ortho nitro benzene ring substituents is 1. The van der Waals surface area contributed by atoms with Crippen LogP contribution >= 0.6 is 0 Å². The number of nitro benzene ring substituents is 1. The number of hydrogen-bond donors (Lipinski definition) is 1. The molecule has 0 radical (unpaired) electrons. The third kappa shape index (κ3) is 4.54. The lowest BCUT2D eigenvalue weighted by Gasteiger charge is -2.20. The second-order valence-electron chi connectivity index (χ2n) is 6.47. The van der Waals surface area contributed by atoms with Crippen molar-refractivity contribution in [2.75, 3.05) is 5.32 Å². The van der Waals surface area contributed by atoms with Crippen molar-refractivity contribution < 1.29 is 14.5 Å². The highest BCUT2D eigenvalue weighted by Crippen LogP contribution is 2.26. The minimum atomic E-state index is -0.900. The van der Waals surface area contributed by atoms with Gasteiger partial charge in [-0.25, -0.2) is 0 Å². The van der Waals surface area contributed by atoms with Crippen molar-refractivity contribution in [3.05, 3.63) is 99.6 Å². The van der Waals surface area contributed by atoms with Crippen LogP contribution in [0.25, 0.3) is 0 Å². The summed E-state index contributed by atoms with van der Waals surface area (Å²) < 4.78 is 5.90. The highest BCUT2D eigenvalue weighted by Gasteiger charge is 2.23. The van der Waals surface area contributed by atoms with Gasteiger partial charge in [-0.15, -0.1) is 0 Å². The number of amides is 1. The van der Waals surface area contributed by atoms with E-state index in [1.807, 2.05) is 50.2 Å².